The summed E-state index contributed by atoms with van der Waals surface area (Å²) in [4.78, 5) is 0. The molecule has 0 aromatic rings. The van der Waals surface area contributed by atoms with E-state index in [-0.39, 0.29) is 0 Å². The summed E-state index contributed by atoms with van der Waals surface area (Å²) in [5, 5.41) is 0. The Kier molecular flexibility index (Phi) is 7.32. The van der Waals surface area contributed by atoms with E-state index in [1.54, 1.807) is 0 Å². The molecule has 0 atom stereocenters. The average molecular weight is 359 g/mol. The zero-order valence-corrected chi connectivity index (χ0v) is 16.4. The molecule has 3 rings (SSSR count). The molecule has 0 aromatic carbocycles. The molecule has 0 saturated heterocycles. The van der Waals surface area contributed by atoms with Gasteiger partial charge in [0.25, 0.3) is 0 Å². The normalized spacial score (nSPS) is 24.9. The Morgan fingerprint density at radius 3 is 1.30 bits per heavy atom. The summed E-state index contributed by atoms with van der Waals surface area (Å²) in [6, 6.07) is 0.958. The van der Waals surface area contributed by atoms with E-state index in [4.69, 9.17) is 13.3 Å². The van der Waals surface area contributed by atoms with Crippen LogP contribution < -0.4 is 0 Å². The van der Waals surface area contributed by atoms with Crippen molar-refractivity contribution >= 4 is 21.4 Å². The van der Waals surface area contributed by atoms with Crippen LogP contribution in [-0.2, 0) is 13.3 Å². The lowest BCUT2D eigenvalue weighted by Gasteiger charge is -2.36. The van der Waals surface area contributed by atoms with E-state index in [2.05, 4.69) is 12.6 Å². The summed E-state index contributed by atoms with van der Waals surface area (Å²) < 4.78 is 20.1. The molecule has 134 valence electrons. The summed E-state index contributed by atoms with van der Waals surface area (Å²) in [6.45, 7) is 0. The minimum absolute atomic E-state index is 0.379. The predicted octanol–water partition coefficient (Wildman–Crippen LogP) is 5.12. The maximum Gasteiger partial charge on any atom is 0.501 e. The van der Waals surface area contributed by atoms with Gasteiger partial charge in [0, 0.05) is 24.4 Å². The molecule has 0 heterocycles. The highest BCUT2D eigenvalue weighted by atomic mass is 32.1. The van der Waals surface area contributed by atoms with Crippen molar-refractivity contribution in [2.45, 2.75) is 108 Å². The SMILES string of the molecule is SCCC[Si](OC1CCCC1)(OC1CCCC1)OC1CCCC1. The highest BCUT2D eigenvalue weighted by Crippen LogP contribution is 2.35. The van der Waals surface area contributed by atoms with Crippen LogP contribution in [0.3, 0.4) is 0 Å². The van der Waals surface area contributed by atoms with Gasteiger partial charge >= 0.3 is 8.80 Å². The quantitative estimate of drug-likeness (QED) is 0.458. The third-order valence-electron chi connectivity index (χ3n) is 5.59. The molecule has 3 aliphatic rings. The Labute approximate surface area is 148 Å². The first-order valence-electron chi connectivity index (χ1n) is 9.94. The molecule has 3 aliphatic carbocycles. The second-order valence-corrected chi connectivity index (χ2v) is 10.6. The van der Waals surface area contributed by atoms with Crippen molar-refractivity contribution in [3.63, 3.8) is 0 Å². The van der Waals surface area contributed by atoms with Crippen LogP contribution >= 0.6 is 12.6 Å². The molecule has 3 nitrogen and oxygen atoms in total. The second kappa shape index (κ2) is 9.23. The van der Waals surface area contributed by atoms with E-state index in [1.165, 1.54) is 77.0 Å². The molecule has 3 fully saturated rings. The minimum Gasteiger partial charge on any atom is -0.370 e. The summed E-state index contributed by atoms with van der Waals surface area (Å²) in [5.74, 6) is 0.894. The highest BCUT2D eigenvalue weighted by Gasteiger charge is 2.47. The standard InChI is InChI=1S/C18H34O3SSi/c22-14-7-15-23(19-16-8-1-2-9-16,20-17-10-3-4-11-17)21-18-12-5-6-13-18/h16-18,22H,1-15H2. The first-order valence-corrected chi connectivity index (χ1v) is 12.5. The van der Waals surface area contributed by atoms with Crippen molar-refractivity contribution < 1.29 is 13.3 Å². The zero-order valence-electron chi connectivity index (χ0n) is 14.5. The molecule has 0 spiro atoms. The zero-order chi connectivity index (χ0) is 16.0. The molecule has 0 amide bonds. The van der Waals surface area contributed by atoms with Crippen molar-refractivity contribution in [1.29, 1.82) is 0 Å². The van der Waals surface area contributed by atoms with Gasteiger partial charge in [0.15, 0.2) is 0 Å². The van der Waals surface area contributed by atoms with Crippen LogP contribution in [0.2, 0.25) is 6.04 Å². The fourth-order valence-corrected chi connectivity index (χ4v) is 8.15. The third kappa shape index (κ3) is 5.46. The summed E-state index contributed by atoms with van der Waals surface area (Å²) >= 11 is 4.43. The van der Waals surface area contributed by atoms with Crippen LogP contribution in [0.4, 0.5) is 0 Å². The minimum atomic E-state index is -2.56. The van der Waals surface area contributed by atoms with Crippen molar-refractivity contribution in [2.24, 2.45) is 0 Å². The molecule has 5 heteroatoms. The van der Waals surface area contributed by atoms with Crippen molar-refractivity contribution in [3.05, 3.63) is 0 Å². The van der Waals surface area contributed by atoms with Crippen molar-refractivity contribution in [2.75, 3.05) is 5.75 Å². The predicted molar refractivity (Wildman–Crippen MR) is 99.1 cm³/mol. The van der Waals surface area contributed by atoms with Crippen LogP contribution in [0.1, 0.15) is 83.5 Å². The Morgan fingerprint density at radius 1 is 0.652 bits per heavy atom. The Hall–Kier alpha value is 0.447. The number of hydrogen-bond donors (Lipinski definition) is 1. The molecule has 0 aliphatic heterocycles. The maximum atomic E-state index is 6.69. The maximum absolute atomic E-state index is 6.69. The smallest absolute Gasteiger partial charge is 0.370 e. The Bertz CT molecular complexity index is 292. The lowest BCUT2D eigenvalue weighted by Crippen LogP contribution is -2.52. The molecule has 0 unspecified atom stereocenters. The molecular formula is C18H34O3SSi. The third-order valence-corrected chi connectivity index (χ3v) is 8.95. The van der Waals surface area contributed by atoms with Crippen LogP contribution in [0.25, 0.3) is 0 Å². The van der Waals surface area contributed by atoms with Crippen molar-refractivity contribution in [1.82, 2.24) is 0 Å². The highest BCUT2D eigenvalue weighted by molar-refractivity contribution is 7.80. The molecule has 3 saturated carbocycles. The molecule has 0 aromatic heterocycles. The summed E-state index contributed by atoms with van der Waals surface area (Å²) in [5.41, 5.74) is 0. The first-order chi connectivity index (χ1) is 11.3. The van der Waals surface area contributed by atoms with E-state index in [0.717, 1.165) is 18.2 Å². The van der Waals surface area contributed by atoms with Crippen LogP contribution in [0.15, 0.2) is 0 Å². The number of hydrogen-bond acceptors (Lipinski definition) is 4. The Morgan fingerprint density at radius 2 is 1.00 bits per heavy atom. The van der Waals surface area contributed by atoms with Crippen LogP contribution in [-0.4, -0.2) is 32.9 Å². The fraction of sp³-hybridized carbons (Fsp3) is 1.00. The van der Waals surface area contributed by atoms with Gasteiger partial charge in [0.2, 0.25) is 0 Å². The van der Waals surface area contributed by atoms with Gasteiger partial charge in [-0.15, -0.1) is 0 Å². The van der Waals surface area contributed by atoms with Gasteiger partial charge in [-0.1, -0.05) is 38.5 Å². The van der Waals surface area contributed by atoms with Gasteiger partial charge < -0.3 is 13.3 Å². The molecule has 0 radical (unpaired) electrons. The molecule has 23 heavy (non-hydrogen) atoms. The topological polar surface area (TPSA) is 27.7 Å². The molecule has 0 bridgehead atoms. The Balaban J connectivity index is 1.69. The van der Waals surface area contributed by atoms with E-state index in [1.807, 2.05) is 0 Å². The fourth-order valence-electron chi connectivity index (χ4n) is 4.34. The molecule has 0 N–H and O–H groups in total. The van der Waals surface area contributed by atoms with Gasteiger partial charge in [-0.05, 0) is 50.7 Å². The lowest BCUT2D eigenvalue weighted by atomic mass is 10.3. The molecular weight excluding hydrogens is 324 g/mol. The van der Waals surface area contributed by atoms with Gasteiger partial charge in [0.05, 0.1) is 0 Å². The number of thiol groups is 1. The first kappa shape index (κ1) is 18.2. The lowest BCUT2D eigenvalue weighted by molar-refractivity contribution is -0.0158. The van der Waals surface area contributed by atoms with Gasteiger partial charge in [-0.3, -0.25) is 0 Å². The summed E-state index contributed by atoms with van der Waals surface area (Å²) in [7, 11) is -2.56. The average Bonchev–Trinajstić information content (AvgIpc) is 3.28. The van der Waals surface area contributed by atoms with E-state index < -0.39 is 8.80 Å². The van der Waals surface area contributed by atoms with Gasteiger partial charge in [-0.25, -0.2) is 0 Å². The van der Waals surface area contributed by atoms with E-state index in [0.29, 0.717) is 18.3 Å². The van der Waals surface area contributed by atoms with E-state index >= 15 is 0 Å². The number of rotatable bonds is 9. The van der Waals surface area contributed by atoms with Crippen LogP contribution in [0, 0.1) is 0 Å². The summed E-state index contributed by atoms with van der Waals surface area (Å²) in [6.07, 6.45) is 17.1. The van der Waals surface area contributed by atoms with Gasteiger partial charge in [0.1, 0.15) is 0 Å². The van der Waals surface area contributed by atoms with Crippen LogP contribution in [0.5, 0.6) is 0 Å². The largest absolute Gasteiger partial charge is 0.501 e. The van der Waals surface area contributed by atoms with E-state index in [9.17, 15) is 0 Å². The van der Waals surface area contributed by atoms with Crippen molar-refractivity contribution in [3.8, 4) is 0 Å². The second-order valence-electron chi connectivity index (χ2n) is 7.58. The van der Waals surface area contributed by atoms with Gasteiger partial charge in [-0.2, -0.15) is 12.6 Å². The monoisotopic (exact) mass is 358 g/mol.